The number of halogens is 2. The zero-order chi connectivity index (χ0) is 13.9. The van der Waals surface area contributed by atoms with Crippen LogP contribution in [0, 0.1) is 12.7 Å². The molecule has 1 aromatic carbocycles. The molecule has 1 amide bonds. The van der Waals surface area contributed by atoms with Gasteiger partial charge in [0.15, 0.2) is 0 Å². The summed E-state index contributed by atoms with van der Waals surface area (Å²) in [6.45, 7) is 1.66. The first-order valence-corrected chi connectivity index (χ1v) is 7.24. The minimum Gasteiger partial charge on any atom is -0.345 e. The molecule has 1 saturated carbocycles. The Bertz CT molecular complexity index is 469. The van der Waals surface area contributed by atoms with Crippen LogP contribution in [0.5, 0.6) is 0 Å². The monoisotopic (exact) mass is 283 g/mol. The molecule has 2 nitrogen and oxygen atoms in total. The molecule has 1 N–H and O–H groups in total. The molecule has 0 heterocycles. The minimum atomic E-state index is -0.292. The average molecular weight is 284 g/mol. The van der Waals surface area contributed by atoms with Gasteiger partial charge < -0.3 is 5.32 Å². The molecule has 4 heteroatoms. The highest BCUT2D eigenvalue weighted by Gasteiger charge is 2.32. The lowest BCUT2D eigenvalue weighted by Gasteiger charge is -2.36. The van der Waals surface area contributed by atoms with E-state index in [2.05, 4.69) is 5.32 Å². The molecule has 0 saturated heterocycles. The topological polar surface area (TPSA) is 29.1 Å². The normalized spacial score (nSPS) is 18.1. The van der Waals surface area contributed by atoms with Gasteiger partial charge in [0.05, 0.1) is 5.54 Å². The Morgan fingerprint density at radius 3 is 2.63 bits per heavy atom. The summed E-state index contributed by atoms with van der Waals surface area (Å²) in [6.07, 6.45) is 5.22. The van der Waals surface area contributed by atoms with Gasteiger partial charge in [0.25, 0.3) is 5.91 Å². The van der Waals surface area contributed by atoms with Crippen LogP contribution in [0.4, 0.5) is 4.39 Å². The minimum absolute atomic E-state index is 0.161. The lowest BCUT2D eigenvalue weighted by molar-refractivity contribution is 0.0884. The second-order valence-corrected chi connectivity index (χ2v) is 5.66. The van der Waals surface area contributed by atoms with Crippen molar-refractivity contribution in [1.29, 1.82) is 0 Å². The van der Waals surface area contributed by atoms with Crippen LogP contribution in [0.3, 0.4) is 0 Å². The van der Waals surface area contributed by atoms with Crippen LogP contribution in [-0.2, 0) is 0 Å². The van der Waals surface area contributed by atoms with E-state index in [9.17, 15) is 9.18 Å². The van der Waals surface area contributed by atoms with Crippen LogP contribution >= 0.6 is 11.6 Å². The molecule has 2 rings (SSSR count). The highest BCUT2D eigenvalue weighted by molar-refractivity contribution is 6.19. The molecule has 1 aromatic rings. The van der Waals surface area contributed by atoms with Gasteiger partial charge in [0.1, 0.15) is 5.82 Å². The molecule has 1 aliphatic carbocycles. The fourth-order valence-electron chi connectivity index (χ4n) is 2.62. The Balaban J connectivity index is 2.12. The highest BCUT2D eigenvalue weighted by atomic mass is 35.5. The number of aryl methyl sites for hydroxylation is 1. The van der Waals surface area contributed by atoms with E-state index in [1.54, 1.807) is 13.0 Å². The third-order valence-corrected chi connectivity index (χ3v) is 4.38. The molecule has 0 spiro atoms. The zero-order valence-electron chi connectivity index (χ0n) is 11.1. The first kappa shape index (κ1) is 14.3. The number of alkyl halides is 1. The van der Waals surface area contributed by atoms with Crippen LogP contribution < -0.4 is 5.32 Å². The Hall–Kier alpha value is -1.09. The molecule has 1 aliphatic rings. The maximum Gasteiger partial charge on any atom is 0.251 e. The second-order valence-electron chi connectivity index (χ2n) is 5.39. The standard InChI is InChI=1S/C15H19ClFNO/c1-11-9-12(5-6-13(11)17)14(19)18-15(10-16)7-3-2-4-8-15/h5-6,9H,2-4,7-8,10H2,1H3,(H,18,19). The summed E-state index contributed by atoms with van der Waals surface area (Å²) in [4.78, 5) is 12.2. The molecular formula is C15H19ClFNO. The fourth-order valence-corrected chi connectivity index (χ4v) is 2.95. The Kier molecular flexibility index (Phi) is 4.46. The van der Waals surface area contributed by atoms with Crippen molar-refractivity contribution in [3.05, 3.63) is 35.1 Å². The Morgan fingerprint density at radius 2 is 2.05 bits per heavy atom. The number of benzene rings is 1. The van der Waals surface area contributed by atoms with Gasteiger partial charge in [0, 0.05) is 11.4 Å². The maximum absolute atomic E-state index is 13.2. The predicted octanol–water partition coefficient (Wildman–Crippen LogP) is 3.81. The van der Waals surface area contributed by atoms with Crippen LogP contribution in [0.1, 0.15) is 48.0 Å². The van der Waals surface area contributed by atoms with Crippen molar-refractivity contribution in [1.82, 2.24) is 5.32 Å². The van der Waals surface area contributed by atoms with Crippen molar-refractivity contribution in [3.63, 3.8) is 0 Å². The molecule has 0 atom stereocenters. The largest absolute Gasteiger partial charge is 0.345 e. The number of carbonyl (C=O) groups is 1. The van der Waals surface area contributed by atoms with E-state index in [1.165, 1.54) is 18.6 Å². The van der Waals surface area contributed by atoms with Crippen molar-refractivity contribution in [2.24, 2.45) is 0 Å². The molecule has 0 radical (unpaired) electrons. The van der Waals surface area contributed by atoms with E-state index < -0.39 is 0 Å². The van der Waals surface area contributed by atoms with E-state index in [0.29, 0.717) is 17.0 Å². The first-order valence-electron chi connectivity index (χ1n) is 6.71. The predicted molar refractivity (Wildman–Crippen MR) is 75.1 cm³/mol. The molecular weight excluding hydrogens is 265 g/mol. The fraction of sp³-hybridized carbons (Fsp3) is 0.533. The van der Waals surface area contributed by atoms with Crippen molar-refractivity contribution in [3.8, 4) is 0 Å². The third-order valence-electron chi connectivity index (χ3n) is 3.87. The molecule has 1 fully saturated rings. The number of hydrogen-bond donors (Lipinski definition) is 1. The summed E-state index contributed by atoms with van der Waals surface area (Å²) in [7, 11) is 0. The summed E-state index contributed by atoms with van der Waals surface area (Å²) >= 11 is 6.05. The van der Waals surface area contributed by atoms with Gasteiger partial charge in [-0.25, -0.2) is 4.39 Å². The summed E-state index contributed by atoms with van der Waals surface area (Å²) in [5.74, 6) is -0.0224. The molecule has 0 unspecified atom stereocenters. The first-order chi connectivity index (χ1) is 9.06. The molecule has 19 heavy (non-hydrogen) atoms. The number of carbonyl (C=O) groups excluding carboxylic acids is 1. The lowest BCUT2D eigenvalue weighted by Crippen LogP contribution is -2.51. The smallest absolute Gasteiger partial charge is 0.251 e. The van der Waals surface area contributed by atoms with Crippen LogP contribution in [0.2, 0.25) is 0 Å². The summed E-state index contributed by atoms with van der Waals surface area (Å²) in [5.41, 5.74) is 0.685. The van der Waals surface area contributed by atoms with E-state index in [0.717, 1.165) is 25.7 Å². The maximum atomic E-state index is 13.2. The van der Waals surface area contributed by atoms with Gasteiger partial charge in [-0.2, -0.15) is 0 Å². The summed E-state index contributed by atoms with van der Waals surface area (Å²) < 4.78 is 13.2. The van der Waals surface area contributed by atoms with Crippen LogP contribution in [0.15, 0.2) is 18.2 Å². The number of nitrogens with one attached hydrogen (secondary N) is 1. The van der Waals surface area contributed by atoms with Gasteiger partial charge in [-0.05, 0) is 43.5 Å². The molecule has 0 bridgehead atoms. The number of hydrogen-bond acceptors (Lipinski definition) is 1. The second kappa shape index (κ2) is 5.91. The Morgan fingerprint density at radius 1 is 1.37 bits per heavy atom. The van der Waals surface area contributed by atoms with E-state index in [-0.39, 0.29) is 17.3 Å². The van der Waals surface area contributed by atoms with Gasteiger partial charge in [-0.3, -0.25) is 4.79 Å². The molecule has 0 aliphatic heterocycles. The van der Waals surface area contributed by atoms with Crippen molar-refractivity contribution in [2.45, 2.75) is 44.6 Å². The zero-order valence-corrected chi connectivity index (χ0v) is 11.9. The quantitative estimate of drug-likeness (QED) is 0.840. The van der Waals surface area contributed by atoms with E-state index >= 15 is 0 Å². The van der Waals surface area contributed by atoms with Crippen molar-refractivity contribution >= 4 is 17.5 Å². The number of amides is 1. The van der Waals surface area contributed by atoms with E-state index in [1.807, 2.05) is 0 Å². The van der Waals surface area contributed by atoms with Gasteiger partial charge in [0.2, 0.25) is 0 Å². The van der Waals surface area contributed by atoms with Gasteiger partial charge in [-0.1, -0.05) is 19.3 Å². The summed E-state index contributed by atoms with van der Waals surface area (Å²) in [5, 5.41) is 3.05. The van der Waals surface area contributed by atoms with Crippen LogP contribution in [-0.4, -0.2) is 17.3 Å². The van der Waals surface area contributed by atoms with Crippen molar-refractivity contribution in [2.75, 3.05) is 5.88 Å². The lowest BCUT2D eigenvalue weighted by atomic mass is 9.83. The van der Waals surface area contributed by atoms with Crippen molar-refractivity contribution < 1.29 is 9.18 Å². The average Bonchev–Trinajstić information content (AvgIpc) is 2.43. The number of rotatable bonds is 3. The van der Waals surface area contributed by atoms with Gasteiger partial charge in [-0.15, -0.1) is 11.6 Å². The third kappa shape index (κ3) is 3.27. The molecule has 104 valence electrons. The van der Waals surface area contributed by atoms with Crippen LogP contribution in [0.25, 0.3) is 0 Å². The highest BCUT2D eigenvalue weighted by Crippen LogP contribution is 2.29. The summed E-state index contributed by atoms with van der Waals surface area (Å²) in [6, 6.07) is 4.43. The van der Waals surface area contributed by atoms with E-state index in [4.69, 9.17) is 11.6 Å². The van der Waals surface area contributed by atoms with Gasteiger partial charge >= 0.3 is 0 Å². The SMILES string of the molecule is Cc1cc(C(=O)NC2(CCl)CCCCC2)ccc1F. The Labute approximate surface area is 118 Å². The molecule has 0 aromatic heterocycles.